The average molecular weight is 156 g/mol. The van der Waals surface area contributed by atoms with Crippen molar-refractivity contribution in [2.75, 3.05) is 20.1 Å². The Morgan fingerprint density at radius 2 is 2.27 bits per heavy atom. The monoisotopic (exact) mass is 156 g/mol. The third kappa shape index (κ3) is 1.47. The summed E-state index contributed by atoms with van der Waals surface area (Å²) in [6.07, 6.45) is 1.09. The molecule has 1 rings (SSSR count). The molecule has 0 radical (unpaired) electrons. The van der Waals surface area contributed by atoms with Crippen molar-refractivity contribution in [3.05, 3.63) is 0 Å². The lowest BCUT2D eigenvalue weighted by molar-refractivity contribution is 0.118. The molecule has 1 fully saturated rings. The van der Waals surface area contributed by atoms with Crippen molar-refractivity contribution in [3.63, 3.8) is 0 Å². The first-order valence-electron chi connectivity index (χ1n) is 4.18. The van der Waals surface area contributed by atoms with E-state index in [2.05, 4.69) is 6.92 Å². The number of urea groups is 1. The molecule has 2 amide bonds. The van der Waals surface area contributed by atoms with Gasteiger partial charge in [0.25, 0.3) is 0 Å². The Bertz CT molecular complexity index is 158. The van der Waals surface area contributed by atoms with Crippen LogP contribution in [0.1, 0.15) is 20.3 Å². The van der Waals surface area contributed by atoms with Crippen LogP contribution in [0.4, 0.5) is 4.79 Å². The first kappa shape index (κ1) is 8.37. The number of rotatable bonds is 1. The molecule has 0 N–H and O–H groups in total. The van der Waals surface area contributed by atoms with E-state index in [1.54, 1.807) is 4.90 Å². The Morgan fingerprint density at radius 3 is 2.73 bits per heavy atom. The highest BCUT2D eigenvalue weighted by molar-refractivity contribution is 5.75. The van der Waals surface area contributed by atoms with E-state index < -0.39 is 0 Å². The van der Waals surface area contributed by atoms with Crippen molar-refractivity contribution in [2.45, 2.75) is 26.3 Å². The van der Waals surface area contributed by atoms with E-state index in [9.17, 15) is 4.79 Å². The number of hydrogen-bond donors (Lipinski definition) is 0. The highest BCUT2D eigenvalue weighted by Gasteiger charge is 2.26. The largest absolute Gasteiger partial charge is 0.328 e. The van der Waals surface area contributed by atoms with E-state index in [4.69, 9.17) is 0 Å². The molecule has 11 heavy (non-hydrogen) atoms. The molecule has 0 aromatic rings. The molecular formula is C8H16N2O. The first-order valence-corrected chi connectivity index (χ1v) is 4.18. The second-order valence-electron chi connectivity index (χ2n) is 3.13. The molecule has 0 aromatic heterocycles. The zero-order valence-electron chi connectivity index (χ0n) is 7.50. The summed E-state index contributed by atoms with van der Waals surface area (Å²) in [5.74, 6) is 0. The van der Waals surface area contributed by atoms with Gasteiger partial charge in [0.2, 0.25) is 0 Å². The third-order valence-electron chi connectivity index (χ3n) is 2.33. The Morgan fingerprint density at radius 1 is 1.64 bits per heavy atom. The van der Waals surface area contributed by atoms with Gasteiger partial charge in [0.1, 0.15) is 0 Å². The summed E-state index contributed by atoms with van der Waals surface area (Å²) in [6, 6.07) is 0.593. The smallest absolute Gasteiger partial charge is 0.319 e. The zero-order chi connectivity index (χ0) is 8.43. The van der Waals surface area contributed by atoms with Gasteiger partial charge in [0.15, 0.2) is 0 Å². The summed E-state index contributed by atoms with van der Waals surface area (Å²) in [5.41, 5.74) is 0. The predicted molar refractivity (Wildman–Crippen MR) is 44.5 cm³/mol. The summed E-state index contributed by atoms with van der Waals surface area (Å²) in [4.78, 5) is 15.1. The minimum absolute atomic E-state index is 0.172. The van der Waals surface area contributed by atoms with Crippen molar-refractivity contribution < 1.29 is 4.79 Å². The minimum atomic E-state index is 0.172. The van der Waals surface area contributed by atoms with Crippen LogP contribution in [0.5, 0.6) is 0 Å². The van der Waals surface area contributed by atoms with E-state index in [0.717, 1.165) is 19.5 Å². The van der Waals surface area contributed by atoms with Gasteiger partial charge in [-0.3, -0.25) is 0 Å². The van der Waals surface area contributed by atoms with Crippen LogP contribution in [0.3, 0.4) is 0 Å². The topological polar surface area (TPSA) is 23.6 Å². The lowest BCUT2D eigenvalue weighted by Gasteiger charge is -2.37. The lowest BCUT2D eigenvalue weighted by Crippen LogP contribution is -2.51. The Hall–Kier alpha value is -0.730. The number of carbonyl (C=O) groups is 1. The molecule has 0 aliphatic carbocycles. The molecule has 1 aliphatic heterocycles. The molecule has 3 heteroatoms. The lowest BCUT2D eigenvalue weighted by atomic mass is 10.1. The van der Waals surface area contributed by atoms with Crippen LogP contribution in [-0.4, -0.2) is 42.0 Å². The Kier molecular flexibility index (Phi) is 2.37. The summed E-state index contributed by atoms with van der Waals surface area (Å²) in [7, 11) is 1.86. The maximum Gasteiger partial charge on any atom is 0.319 e. The average Bonchev–Trinajstić information content (AvgIpc) is 1.99. The molecule has 1 atom stereocenters. The van der Waals surface area contributed by atoms with Crippen LogP contribution >= 0.6 is 0 Å². The maximum absolute atomic E-state index is 11.4. The van der Waals surface area contributed by atoms with Crippen molar-refractivity contribution in [1.82, 2.24) is 9.80 Å². The van der Waals surface area contributed by atoms with Gasteiger partial charge in [0, 0.05) is 26.2 Å². The second-order valence-corrected chi connectivity index (χ2v) is 3.13. The van der Waals surface area contributed by atoms with E-state index in [-0.39, 0.29) is 6.03 Å². The van der Waals surface area contributed by atoms with Gasteiger partial charge in [-0.05, 0) is 20.3 Å². The fraction of sp³-hybridized carbons (Fsp3) is 0.875. The van der Waals surface area contributed by atoms with Gasteiger partial charge in [0.05, 0.1) is 0 Å². The summed E-state index contributed by atoms with van der Waals surface area (Å²) < 4.78 is 0. The molecule has 3 nitrogen and oxygen atoms in total. The van der Waals surface area contributed by atoms with Crippen LogP contribution in [0.15, 0.2) is 0 Å². The highest BCUT2D eigenvalue weighted by atomic mass is 16.2. The fourth-order valence-electron chi connectivity index (χ4n) is 1.49. The number of amides is 2. The van der Waals surface area contributed by atoms with Crippen molar-refractivity contribution in [3.8, 4) is 0 Å². The molecule has 1 aliphatic rings. The van der Waals surface area contributed by atoms with Crippen LogP contribution in [-0.2, 0) is 0 Å². The van der Waals surface area contributed by atoms with Gasteiger partial charge in [-0.25, -0.2) is 4.79 Å². The Labute approximate surface area is 68.0 Å². The van der Waals surface area contributed by atoms with E-state index >= 15 is 0 Å². The first-order chi connectivity index (χ1) is 5.16. The van der Waals surface area contributed by atoms with Gasteiger partial charge in [-0.2, -0.15) is 0 Å². The molecule has 64 valence electrons. The fourth-order valence-corrected chi connectivity index (χ4v) is 1.49. The molecule has 0 spiro atoms. The standard InChI is InChI=1S/C8H16N2O/c1-4-10-7(2)5-6-9(3)8(10)11/h7H,4-6H2,1-3H3/t7-/m1/s1. The number of nitrogens with zero attached hydrogens (tertiary/aromatic N) is 2. The van der Waals surface area contributed by atoms with Gasteiger partial charge in [-0.15, -0.1) is 0 Å². The third-order valence-corrected chi connectivity index (χ3v) is 2.33. The zero-order valence-corrected chi connectivity index (χ0v) is 7.50. The molecule has 0 bridgehead atoms. The highest BCUT2D eigenvalue weighted by Crippen LogP contribution is 2.13. The number of carbonyl (C=O) groups excluding carboxylic acids is 1. The van der Waals surface area contributed by atoms with Crippen molar-refractivity contribution >= 4 is 6.03 Å². The van der Waals surface area contributed by atoms with Gasteiger partial charge >= 0.3 is 6.03 Å². The molecule has 0 saturated carbocycles. The van der Waals surface area contributed by atoms with Gasteiger partial charge in [-0.1, -0.05) is 0 Å². The molecule has 1 heterocycles. The summed E-state index contributed by atoms with van der Waals surface area (Å²) >= 11 is 0. The predicted octanol–water partition coefficient (Wildman–Crippen LogP) is 1.15. The Balaban J connectivity index is 2.63. The normalized spacial score (nSPS) is 26.1. The molecule has 1 saturated heterocycles. The minimum Gasteiger partial charge on any atom is -0.328 e. The molecule has 0 unspecified atom stereocenters. The van der Waals surface area contributed by atoms with E-state index in [1.165, 1.54) is 0 Å². The SMILES string of the molecule is CCN1C(=O)N(C)CC[C@H]1C. The van der Waals surface area contributed by atoms with Crippen molar-refractivity contribution in [2.24, 2.45) is 0 Å². The maximum atomic E-state index is 11.4. The number of hydrogen-bond acceptors (Lipinski definition) is 1. The van der Waals surface area contributed by atoms with E-state index in [0.29, 0.717) is 6.04 Å². The quantitative estimate of drug-likeness (QED) is 0.558. The molecule has 0 aromatic carbocycles. The van der Waals surface area contributed by atoms with E-state index in [1.807, 2.05) is 18.9 Å². The summed E-state index contributed by atoms with van der Waals surface area (Å²) in [5, 5.41) is 0. The molecular weight excluding hydrogens is 140 g/mol. The van der Waals surface area contributed by atoms with Gasteiger partial charge < -0.3 is 9.80 Å². The van der Waals surface area contributed by atoms with Crippen molar-refractivity contribution in [1.29, 1.82) is 0 Å². The van der Waals surface area contributed by atoms with Crippen LogP contribution < -0.4 is 0 Å². The van der Waals surface area contributed by atoms with Crippen LogP contribution in [0.2, 0.25) is 0 Å². The summed E-state index contributed by atoms with van der Waals surface area (Å²) in [6.45, 7) is 5.85. The van der Waals surface area contributed by atoms with Crippen LogP contribution in [0, 0.1) is 0 Å². The van der Waals surface area contributed by atoms with Crippen LogP contribution in [0.25, 0.3) is 0 Å². The second kappa shape index (κ2) is 3.11.